The molecule has 4 rings (SSSR count). The van der Waals surface area contributed by atoms with Crippen LogP contribution in [0.3, 0.4) is 0 Å². The van der Waals surface area contributed by atoms with E-state index >= 15 is 0 Å². The van der Waals surface area contributed by atoms with E-state index in [2.05, 4.69) is 38.5 Å². The summed E-state index contributed by atoms with van der Waals surface area (Å²) >= 11 is 2.20. The standard InChI is InChI=1S/C24H30IN6O2/c1-15-20(14-24(2,3)33-30-23(32)16-4-6-17(25)7-5-16)31-21(12-13-27-31)29-22(15)28-19-10-8-18(26)9-11-19/h4-7,12-13,18-19H,8-11,14,26H2,1-3H3,(H,28,29). The zero-order chi connectivity index (χ0) is 23.6. The van der Waals surface area contributed by atoms with Gasteiger partial charge in [0, 0.05) is 39.3 Å². The molecule has 0 aliphatic heterocycles. The Morgan fingerprint density at radius 2 is 1.94 bits per heavy atom. The van der Waals surface area contributed by atoms with E-state index in [1.165, 1.54) is 0 Å². The van der Waals surface area contributed by atoms with Crippen LogP contribution in [0.25, 0.3) is 5.65 Å². The average molecular weight is 561 g/mol. The van der Waals surface area contributed by atoms with Gasteiger partial charge in [0.15, 0.2) is 5.65 Å². The highest BCUT2D eigenvalue weighted by Gasteiger charge is 2.27. The van der Waals surface area contributed by atoms with E-state index in [4.69, 9.17) is 15.6 Å². The summed E-state index contributed by atoms with van der Waals surface area (Å²) in [5.74, 6) is 0.467. The molecule has 2 aromatic heterocycles. The second kappa shape index (κ2) is 9.94. The molecule has 8 nitrogen and oxygen atoms in total. The summed E-state index contributed by atoms with van der Waals surface area (Å²) in [4.78, 5) is 23.0. The number of carbonyl (C=O) groups excluding carboxylic acids is 1. The number of hydrogen-bond donors (Lipinski definition) is 2. The number of benzene rings is 1. The van der Waals surface area contributed by atoms with Crippen molar-refractivity contribution in [1.29, 1.82) is 0 Å². The zero-order valence-corrected chi connectivity index (χ0v) is 21.4. The molecular weight excluding hydrogens is 531 g/mol. The second-order valence-corrected chi connectivity index (χ2v) is 10.6. The molecule has 3 aromatic rings. The first-order valence-corrected chi connectivity index (χ1v) is 12.3. The molecule has 1 aromatic carbocycles. The van der Waals surface area contributed by atoms with Crippen LogP contribution in [0.2, 0.25) is 0 Å². The third-order valence-corrected chi connectivity index (χ3v) is 6.78. The lowest BCUT2D eigenvalue weighted by Crippen LogP contribution is -2.35. The third kappa shape index (κ3) is 5.82. The van der Waals surface area contributed by atoms with Crippen molar-refractivity contribution in [2.45, 2.75) is 70.6 Å². The van der Waals surface area contributed by atoms with Crippen molar-refractivity contribution < 1.29 is 9.63 Å². The molecule has 0 bridgehead atoms. The van der Waals surface area contributed by atoms with Crippen molar-refractivity contribution >= 4 is 40.0 Å². The molecule has 33 heavy (non-hydrogen) atoms. The van der Waals surface area contributed by atoms with Crippen LogP contribution in [-0.2, 0) is 11.3 Å². The summed E-state index contributed by atoms with van der Waals surface area (Å²) < 4.78 is 2.89. The lowest BCUT2D eigenvalue weighted by molar-refractivity contribution is -0.0756. The third-order valence-electron chi connectivity index (χ3n) is 6.07. The lowest BCUT2D eigenvalue weighted by atomic mass is 9.91. The Kier molecular flexibility index (Phi) is 7.20. The predicted molar refractivity (Wildman–Crippen MR) is 136 cm³/mol. The number of fused-ring (bicyclic) bond motifs is 1. The van der Waals surface area contributed by atoms with Crippen molar-refractivity contribution in [2.75, 3.05) is 5.32 Å². The number of carbonyl (C=O) groups is 1. The lowest BCUT2D eigenvalue weighted by Gasteiger charge is -2.29. The summed E-state index contributed by atoms with van der Waals surface area (Å²) in [5, 5.41) is 8.10. The number of amides is 1. The van der Waals surface area contributed by atoms with Crippen molar-refractivity contribution in [3.63, 3.8) is 0 Å². The summed E-state index contributed by atoms with van der Waals surface area (Å²) in [6, 6.07) is 9.80. The van der Waals surface area contributed by atoms with Gasteiger partial charge in [-0.25, -0.2) is 14.3 Å². The predicted octanol–water partition coefficient (Wildman–Crippen LogP) is 4.02. The van der Waals surface area contributed by atoms with Crippen LogP contribution in [0.1, 0.15) is 61.1 Å². The molecule has 2 heterocycles. The smallest absolute Gasteiger partial charge is 0.299 e. The van der Waals surface area contributed by atoms with Crippen molar-refractivity contribution in [3.05, 3.63) is 56.9 Å². The maximum atomic E-state index is 12.5. The number of nitrogens with one attached hydrogen (secondary N) is 1. The average Bonchev–Trinajstić information content (AvgIpc) is 3.25. The van der Waals surface area contributed by atoms with Crippen molar-refractivity contribution in [3.8, 4) is 0 Å². The fraction of sp³-hybridized carbons (Fsp3) is 0.458. The first-order valence-electron chi connectivity index (χ1n) is 11.3. The van der Waals surface area contributed by atoms with E-state index in [9.17, 15) is 4.79 Å². The topological polar surface area (TPSA) is 109 Å². The fourth-order valence-electron chi connectivity index (χ4n) is 4.13. The number of anilines is 1. The largest absolute Gasteiger partial charge is 0.367 e. The van der Waals surface area contributed by atoms with Gasteiger partial charge < -0.3 is 11.1 Å². The van der Waals surface area contributed by atoms with Gasteiger partial charge >= 0.3 is 0 Å². The van der Waals surface area contributed by atoms with Gasteiger partial charge in [-0.3, -0.25) is 4.79 Å². The van der Waals surface area contributed by atoms with Gasteiger partial charge in [-0.2, -0.15) is 5.10 Å². The van der Waals surface area contributed by atoms with E-state index in [-0.39, 0.29) is 0 Å². The molecule has 0 unspecified atom stereocenters. The van der Waals surface area contributed by atoms with Gasteiger partial charge in [0.2, 0.25) is 0 Å². The number of halogens is 1. The van der Waals surface area contributed by atoms with E-state index < -0.39 is 11.5 Å². The number of aromatic nitrogens is 3. The van der Waals surface area contributed by atoms with Gasteiger partial charge in [0.1, 0.15) is 5.82 Å². The van der Waals surface area contributed by atoms with Crippen LogP contribution in [0.5, 0.6) is 0 Å². The van der Waals surface area contributed by atoms with Gasteiger partial charge in [0.05, 0.1) is 17.5 Å². The Balaban J connectivity index is 1.50. The summed E-state index contributed by atoms with van der Waals surface area (Å²) in [7, 11) is 0. The first kappa shape index (κ1) is 23.9. The minimum atomic E-state index is -0.723. The van der Waals surface area contributed by atoms with Crippen molar-refractivity contribution in [2.24, 2.45) is 5.73 Å². The Bertz CT molecular complexity index is 1120. The van der Waals surface area contributed by atoms with Crippen LogP contribution < -0.4 is 16.5 Å². The van der Waals surface area contributed by atoms with Crippen LogP contribution in [-0.4, -0.2) is 38.2 Å². The summed E-state index contributed by atoms with van der Waals surface area (Å²) in [6.07, 6.45) is 6.37. The molecule has 0 spiro atoms. The monoisotopic (exact) mass is 561 g/mol. The molecule has 1 amide bonds. The number of nitrogens with two attached hydrogens (primary N) is 1. The normalized spacial score (nSPS) is 18.9. The second-order valence-electron chi connectivity index (χ2n) is 9.32. The molecule has 1 aliphatic rings. The Labute approximate surface area is 207 Å². The molecule has 1 saturated carbocycles. The van der Waals surface area contributed by atoms with E-state index in [0.29, 0.717) is 24.1 Å². The Morgan fingerprint density at radius 3 is 2.64 bits per heavy atom. The minimum absolute atomic E-state index is 0.300. The maximum Gasteiger partial charge on any atom is 0.299 e. The molecule has 1 fully saturated rings. The molecule has 1 aliphatic carbocycles. The molecule has 3 N–H and O–H groups in total. The molecular formula is C24H30IN6O2. The zero-order valence-electron chi connectivity index (χ0n) is 19.2. The highest BCUT2D eigenvalue weighted by atomic mass is 127. The molecule has 0 saturated heterocycles. The van der Waals surface area contributed by atoms with Crippen molar-refractivity contribution in [1.82, 2.24) is 20.1 Å². The highest BCUT2D eigenvalue weighted by Crippen LogP contribution is 2.27. The van der Waals surface area contributed by atoms with Crippen LogP contribution in [0, 0.1) is 10.5 Å². The summed E-state index contributed by atoms with van der Waals surface area (Å²) in [6.45, 7) is 5.88. The molecule has 1 radical (unpaired) electrons. The number of rotatable bonds is 7. The van der Waals surface area contributed by atoms with E-state index in [1.54, 1.807) is 18.3 Å². The maximum absolute atomic E-state index is 12.5. The Hall–Kier alpha value is -2.24. The van der Waals surface area contributed by atoms with E-state index in [1.807, 2.05) is 43.5 Å². The molecule has 175 valence electrons. The highest BCUT2D eigenvalue weighted by molar-refractivity contribution is 14.1. The van der Waals surface area contributed by atoms with Gasteiger partial charge in [-0.1, -0.05) is 5.48 Å². The minimum Gasteiger partial charge on any atom is -0.367 e. The Morgan fingerprint density at radius 1 is 1.24 bits per heavy atom. The molecule has 9 heteroatoms. The van der Waals surface area contributed by atoms with Crippen LogP contribution >= 0.6 is 22.6 Å². The number of hydroxylamine groups is 1. The summed E-state index contributed by atoms with van der Waals surface area (Å²) in [5.41, 5.74) is 12.5. The SMILES string of the molecule is Cc1c(NC2CCC(N)CC2)nc2ccnn2c1CC(C)(C)O[N]C(=O)c1ccc(I)cc1. The molecule has 0 atom stereocenters. The number of nitrogens with zero attached hydrogens (tertiary/aromatic N) is 4. The first-order chi connectivity index (χ1) is 15.7. The van der Waals surface area contributed by atoms with Gasteiger partial charge in [-0.15, -0.1) is 0 Å². The van der Waals surface area contributed by atoms with E-state index in [0.717, 1.165) is 52.0 Å². The van der Waals surface area contributed by atoms with Gasteiger partial charge in [-0.05, 0) is 93.3 Å². The van der Waals surface area contributed by atoms with Crippen LogP contribution in [0.4, 0.5) is 5.82 Å². The van der Waals surface area contributed by atoms with Crippen LogP contribution in [0.15, 0.2) is 36.5 Å². The van der Waals surface area contributed by atoms with Gasteiger partial charge in [0.25, 0.3) is 5.91 Å². The fourth-order valence-corrected chi connectivity index (χ4v) is 4.49. The quantitative estimate of drug-likeness (QED) is 0.333. The number of hydrogen-bond acceptors (Lipinski definition) is 6.